The Balaban J connectivity index is 0.00000116. The Morgan fingerprint density at radius 3 is 2.21 bits per heavy atom. The summed E-state index contributed by atoms with van der Waals surface area (Å²) in [5.41, 5.74) is 1.39. The van der Waals surface area contributed by atoms with E-state index < -0.39 is 24.3 Å². The third-order valence-electron chi connectivity index (χ3n) is 5.60. The number of aromatic nitrogens is 3. The first-order chi connectivity index (χ1) is 19.8. The van der Waals surface area contributed by atoms with Gasteiger partial charge in [-0.1, -0.05) is 59.2 Å². The molecule has 0 amide bonds. The van der Waals surface area contributed by atoms with Gasteiger partial charge in [0.2, 0.25) is 0 Å². The molecule has 222 valence electrons. The largest absolute Gasteiger partial charge is 0.480 e. The molecular weight excluding hydrogens is 545 g/mol. The Labute approximate surface area is 244 Å². The maximum absolute atomic E-state index is 13.6. The summed E-state index contributed by atoms with van der Waals surface area (Å²) in [7, 11) is 0. The Morgan fingerprint density at radius 2 is 1.64 bits per heavy atom. The van der Waals surface area contributed by atoms with Crippen molar-refractivity contribution in [2.45, 2.75) is 59.2 Å². The van der Waals surface area contributed by atoms with Gasteiger partial charge in [0.25, 0.3) is 0 Å². The molecule has 0 spiro atoms. The summed E-state index contributed by atoms with van der Waals surface area (Å²) >= 11 is 0. The van der Waals surface area contributed by atoms with Gasteiger partial charge in [-0.3, -0.25) is 4.98 Å². The van der Waals surface area contributed by atoms with Crippen LogP contribution in [-0.4, -0.2) is 32.6 Å². The number of benzene rings is 2. The van der Waals surface area contributed by atoms with Crippen LogP contribution in [0.2, 0.25) is 0 Å². The second kappa shape index (κ2) is 14.9. The molecule has 2 heterocycles. The first-order valence-corrected chi connectivity index (χ1v) is 13.2. The third kappa shape index (κ3) is 9.28. The molecule has 0 atom stereocenters. The van der Waals surface area contributed by atoms with Crippen molar-refractivity contribution in [1.29, 1.82) is 0 Å². The summed E-state index contributed by atoms with van der Waals surface area (Å²) in [4.78, 5) is 23.7. The predicted octanol–water partition coefficient (Wildman–Crippen LogP) is 8.02. The van der Waals surface area contributed by atoms with E-state index in [9.17, 15) is 18.0 Å². The summed E-state index contributed by atoms with van der Waals surface area (Å²) in [5.74, 6) is -0.557. The van der Waals surface area contributed by atoms with Crippen LogP contribution < -0.4 is 5.32 Å². The average molecular weight is 581 g/mol. The van der Waals surface area contributed by atoms with Gasteiger partial charge in [0.15, 0.2) is 5.82 Å². The number of hydrogen-bond acceptors (Lipinski definition) is 6. The molecule has 0 bridgehead atoms. The van der Waals surface area contributed by atoms with E-state index >= 15 is 0 Å². The lowest BCUT2D eigenvalue weighted by Crippen LogP contribution is -2.11. The number of carboxylic acid groups (broad SMARTS) is 1. The molecular formula is C32H35F3N4O3. The van der Waals surface area contributed by atoms with Gasteiger partial charge >= 0.3 is 12.1 Å². The van der Waals surface area contributed by atoms with Crippen molar-refractivity contribution in [3.8, 4) is 24.1 Å². The molecule has 2 N–H and O–H groups in total. The number of nitrogens with zero attached hydrogens (tertiary/aromatic N) is 3. The van der Waals surface area contributed by atoms with Gasteiger partial charge in [-0.25, -0.2) is 14.8 Å². The van der Waals surface area contributed by atoms with Gasteiger partial charge in [0, 0.05) is 22.8 Å². The SMILES string of the molecule is C#C.CC(C)(C)c1ccc(Nc2nc(COCC(=O)O)nc3cc(-c4ncccc4C(F)(F)F)ccc23)cc1.CCC. The van der Waals surface area contributed by atoms with Gasteiger partial charge < -0.3 is 15.2 Å². The van der Waals surface area contributed by atoms with Crippen molar-refractivity contribution in [1.82, 2.24) is 15.0 Å². The van der Waals surface area contributed by atoms with E-state index in [0.29, 0.717) is 16.7 Å². The number of nitrogens with one attached hydrogen (secondary N) is 1. The Hall–Kier alpha value is -4.49. The van der Waals surface area contributed by atoms with E-state index in [4.69, 9.17) is 9.84 Å². The van der Waals surface area contributed by atoms with Crippen LogP contribution in [0.15, 0.2) is 60.8 Å². The van der Waals surface area contributed by atoms with Crippen LogP contribution >= 0.6 is 0 Å². The fourth-order valence-corrected chi connectivity index (χ4v) is 3.77. The van der Waals surface area contributed by atoms with Crippen LogP contribution in [0.3, 0.4) is 0 Å². The Kier molecular flexibility index (Phi) is 12.0. The quantitative estimate of drug-likeness (QED) is 0.214. The van der Waals surface area contributed by atoms with E-state index in [1.807, 2.05) is 24.3 Å². The molecule has 0 radical (unpaired) electrons. The Morgan fingerprint density at radius 1 is 1.00 bits per heavy atom. The molecule has 0 saturated carbocycles. The predicted molar refractivity (Wildman–Crippen MR) is 159 cm³/mol. The molecule has 0 aliphatic rings. The minimum atomic E-state index is -4.58. The summed E-state index contributed by atoms with van der Waals surface area (Å²) in [6.07, 6.45) is 5.97. The molecule has 2 aromatic carbocycles. The van der Waals surface area contributed by atoms with Crippen molar-refractivity contribution < 1.29 is 27.8 Å². The number of carbonyl (C=O) groups is 1. The van der Waals surface area contributed by atoms with Gasteiger partial charge in [-0.2, -0.15) is 13.2 Å². The second-order valence-electron chi connectivity index (χ2n) is 10.2. The summed E-state index contributed by atoms with van der Waals surface area (Å²) in [5, 5.41) is 12.7. The minimum absolute atomic E-state index is 0.0219. The number of halogens is 3. The molecule has 4 aromatic rings. The molecule has 0 fully saturated rings. The van der Waals surface area contributed by atoms with E-state index in [0.717, 1.165) is 17.3 Å². The number of fused-ring (bicyclic) bond motifs is 1. The Bertz CT molecular complexity index is 1500. The average Bonchev–Trinajstić information content (AvgIpc) is 2.93. The fraction of sp³-hybridized carbons (Fsp3) is 0.312. The van der Waals surface area contributed by atoms with Crippen molar-refractivity contribution in [3.63, 3.8) is 0 Å². The highest BCUT2D eigenvalue weighted by Crippen LogP contribution is 2.37. The number of pyridine rings is 1. The van der Waals surface area contributed by atoms with E-state index in [2.05, 4.69) is 67.7 Å². The zero-order chi connectivity index (χ0) is 31.5. The summed E-state index contributed by atoms with van der Waals surface area (Å²) in [6.45, 7) is 9.85. The lowest BCUT2D eigenvalue weighted by atomic mass is 9.87. The van der Waals surface area contributed by atoms with Crippen LogP contribution in [0.4, 0.5) is 24.7 Å². The molecule has 0 aliphatic heterocycles. The topological polar surface area (TPSA) is 97.2 Å². The lowest BCUT2D eigenvalue weighted by Gasteiger charge is -2.19. The number of rotatable bonds is 7. The molecule has 7 nitrogen and oxygen atoms in total. The normalized spacial score (nSPS) is 11.1. The van der Waals surface area contributed by atoms with E-state index in [1.165, 1.54) is 30.8 Å². The second-order valence-corrected chi connectivity index (χ2v) is 10.2. The van der Waals surface area contributed by atoms with Crippen LogP contribution in [-0.2, 0) is 27.7 Å². The van der Waals surface area contributed by atoms with Crippen molar-refractivity contribution in [2.24, 2.45) is 0 Å². The van der Waals surface area contributed by atoms with Crippen molar-refractivity contribution >= 4 is 28.4 Å². The lowest BCUT2D eigenvalue weighted by molar-refractivity contribution is -0.142. The maximum Gasteiger partial charge on any atom is 0.418 e. The smallest absolute Gasteiger partial charge is 0.418 e. The van der Waals surface area contributed by atoms with Gasteiger partial charge in [-0.05, 0) is 47.4 Å². The van der Waals surface area contributed by atoms with E-state index in [-0.39, 0.29) is 29.1 Å². The van der Waals surface area contributed by atoms with Crippen molar-refractivity contribution in [3.05, 3.63) is 77.7 Å². The molecule has 2 aromatic heterocycles. The monoisotopic (exact) mass is 580 g/mol. The van der Waals surface area contributed by atoms with Gasteiger partial charge in [0.1, 0.15) is 19.0 Å². The maximum atomic E-state index is 13.6. The molecule has 0 saturated heterocycles. The number of anilines is 2. The molecule has 0 unspecified atom stereocenters. The number of aliphatic carboxylic acids is 1. The van der Waals surface area contributed by atoms with Crippen LogP contribution in [0.5, 0.6) is 0 Å². The minimum Gasteiger partial charge on any atom is -0.480 e. The third-order valence-corrected chi connectivity index (χ3v) is 5.60. The van der Waals surface area contributed by atoms with Crippen LogP contribution in [0.1, 0.15) is 58.0 Å². The fourth-order valence-electron chi connectivity index (χ4n) is 3.77. The molecule has 4 rings (SSSR count). The number of terminal acetylenes is 1. The first kappa shape index (κ1) is 33.7. The number of hydrogen-bond donors (Lipinski definition) is 2. The van der Waals surface area contributed by atoms with Crippen molar-refractivity contribution in [2.75, 3.05) is 11.9 Å². The molecule has 42 heavy (non-hydrogen) atoms. The van der Waals surface area contributed by atoms with Gasteiger partial charge in [-0.15, -0.1) is 12.8 Å². The summed E-state index contributed by atoms with van der Waals surface area (Å²) in [6, 6.07) is 14.7. The van der Waals surface area contributed by atoms with Crippen LogP contribution in [0.25, 0.3) is 22.2 Å². The van der Waals surface area contributed by atoms with Crippen LogP contribution in [0, 0.1) is 12.8 Å². The summed E-state index contributed by atoms with van der Waals surface area (Å²) < 4.78 is 45.9. The molecule has 0 aliphatic carbocycles. The highest BCUT2D eigenvalue weighted by molar-refractivity contribution is 5.93. The zero-order valence-corrected chi connectivity index (χ0v) is 24.3. The first-order valence-electron chi connectivity index (χ1n) is 13.2. The van der Waals surface area contributed by atoms with Gasteiger partial charge in [0.05, 0.1) is 16.8 Å². The number of carboxylic acids is 1. The highest BCUT2D eigenvalue weighted by atomic mass is 19.4. The highest BCUT2D eigenvalue weighted by Gasteiger charge is 2.34. The molecule has 10 heteroatoms. The standard InChI is InChI=1S/C27H25F3N4O3.C3H8.C2H2/c1-26(2,3)17-7-9-18(10-8-17)32-25-19-11-6-16(24-20(27(28,29)30)5-4-12-31-24)13-21(19)33-22(34-25)14-37-15-23(35)36;1-3-2;1-2/h4-13H,14-15H2,1-3H3,(H,35,36)(H,32,33,34);3H2,1-2H3;1-2H. The number of ether oxygens (including phenoxy) is 1. The van der Waals surface area contributed by atoms with E-state index in [1.54, 1.807) is 6.07 Å². The zero-order valence-electron chi connectivity index (χ0n) is 24.3. The number of alkyl halides is 3.